The molecule has 1 aromatic rings. The van der Waals surface area contributed by atoms with Crippen molar-refractivity contribution >= 4 is 21.6 Å². The average molecular weight is 292 g/mol. The smallest absolute Gasteiger partial charge is 0.259 e. The predicted octanol–water partition coefficient (Wildman–Crippen LogP) is 1.51. The van der Waals surface area contributed by atoms with Crippen LogP contribution in [0.3, 0.4) is 0 Å². The molecule has 0 aromatic carbocycles. The lowest BCUT2D eigenvalue weighted by atomic mass is 10.1. The highest BCUT2D eigenvalue weighted by molar-refractivity contribution is 7.89. The molecule has 0 atom stereocenters. The lowest BCUT2D eigenvalue weighted by molar-refractivity contribution is 0.532. The van der Waals surface area contributed by atoms with Crippen molar-refractivity contribution in [2.75, 3.05) is 12.4 Å². The molecule has 1 fully saturated rings. The average Bonchev–Trinajstić information content (AvgIpc) is 3.03. The number of aromatic nitrogens is 2. The van der Waals surface area contributed by atoms with E-state index in [2.05, 4.69) is 9.71 Å². The van der Waals surface area contributed by atoms with Crippen LogP contribution in [0.5, 0.6) is 0 Å². The van der Waals surface area contributed by atoms with Crippen LogP contribution >= 0.6 is 11.6 Å². The lowest BCUT2D eigenvalue weighted by Gasteiger charge is -2.11. The summed E-state index contributed by atoms with van der Waals surface area (Å²) in [6.45, 7) is 4.85. The first-order chi connectivity index (χ1) is 8.42. The normalized spacial score (nSPS) is 17.9. The van der Waals surface area contributed by atoms with Crippen LogP contribution in [0.1, 0.15) is 25.6 Å². The maximum atomic E-state index is 12.1. The molecule has 18 heavy (non-hydrogen) atoms. The Kier molecular flexibility index (Phi) is 3.71. The Bertz CT molecular complexity index is 534. The van der Waals surface area contributed by atoms with Crippen LogP contribution in [0.4, 0.5) is 0 Å². The van der Waals surface area contributed by atoms with Gasteiger partial charge in [0, 0.05) is 25.2 Å². The second kappa shape index (κ2) is 4.83. The highest BCUT2D eigenvalue weighted by atomic mass is 35.5. The van der Waals surface area contributed by atoms with Crippen LogP contribution in [-0.2, 0) is 16.6 Å². The molecule has 0 amide bonds. The molecule has 2 rings (SSSR count). The van der Waals surface area contributed by atoms with E-state index in [-0.39, 0.29) is 10.4 Å². The zero-order chi connectivity index (χ0) is 13.4. The van der Waals surface area contributed by atoms with Crippen molar-refractivity contribution in [1.29, 1.82) is 0 Å². The van der Waals surface area contributed by atoms with Crippen LogP contribution < -0.4 is 4.72 Å². The van der Waals surface area contributed by atoms with Gasteiger partial charge in [0.2, 0.25) is 0 Å². The van der Waals surface area contributed by atoms with Crippen LogP contribution in [0.25, 0.3) is 0 Å². The fourth-order valence-corrected chi connectivity index (χ4v) is 3.31. The van der Waals surface area contributed by atoms with Gasteiger partial charge in [-0.05, 0) is 32.1 Å². The predicted molar refractivity (Wildman–Crippen MR) is 70.2 cm³/mol. The van der Waals surface area contributed by atoms with Crippen molar-refractivity contribution in [3.63, 3.8) is 0 Å². The van der Waals surface area contributed by atoms with Crippen molar-refractivity contribution in [3.8, 4) is 0 Å². The van der Waals surface area contributed by atoms with E-state index in [1.54, 1.807) is 13.1 Å². The Morgan fingerprint density at radius 3 is 2.67 bits per heavy atom. The quantitative estimate of drug-likeness (QED) is 0.808. The molecule has 1 aliphatic rings. The Balaban J connectivity index is 2.10. The van der Waals surface area contributed by atoms with Gasteiger partial charge in [-0.2, -0.15) is 0 Å². The third-order valence-electron chi connectivity index (χ3n) is 3.45. The minimum absolute atomic E-state index is 0.0308. The number of nitrogens with zero attached hydrogens (tertiary/aromatic N) is 2. The van der Waals surface area contributed by atoms with E-state index >= 15 is 0 Å². The third kappa shape index (κ3) is 2.70. The third-order valence-corrected chi connectivity index (χ3v) is 5.29. The molecule has 102 valence electrons. The van der Waals surface area contributed by atoms with Crippen LogP contribution in [-0.4, -0.2) is 30.4 Å². The molecule has 0 unspecified atom stereocenters. The molecule has 1 aliphatic carbocycles. The summed E-state index contributed by atoms with van der Waals surface area (Å²) in [4.78, 5) is 4.08. The first-order valence-electron chi connectivity index (χ1n) is 6.02. The minimum atomic E-state index is -3.52. The van der Waals surface area contributed by atoms with Crippen LogP contribution in [0.15, 0.2) is 11.2 Å². The van der Waals surface area contributed by atoms with Crippen LogP contribution in [0, 0.1) is 12.3 Å². The molecular formula is C11H18ClN3O2S. The molecule has 1 heterocycles. The van der Waals surface area contributed by atoms with E-state index in [9.17, 15) is 8.42 Å². The van der Waals surface area contributed by atoms with E-state index in [0.717, 1.165) is 12.8 Å². The fourth-order valence-electron chi connectivity index (χ4n) is 1.79. The minimum Gasteiger partial charge on any atom is -0.334 e. The summed E-state index contributed by atoms with van der Waals surface area (Å²) in [7, 11) is -3.52. The van der Waals surface area contributed by atoms with Gasteiger partial charge in [-0.3, -0.25) is 0 Å². The maximum Gasteiger partial charge on any atom is 0.259 e. The fraction of sp³-hybridized carbons (Fsp3) is 0.727. The highest BCUT2D eigenvalue weighted by Gasteiger charge is 2.42. The molecule has 0 spiro atoms. The lowest BCUT2D eigenvalue weighted by Crippen LogP contribution is -2.31. The SMILES string of the molecule is CCn1cc(S(=O)(=O)NCC2(CCl)CC2)nc1C. The van der Waals surface area contributed by atoms with Crippen molar-refractivity contribution in [3.05, 3.63) is 12.0 Å². The maximum absolute atomic E-state index is 12.1. The van der Waals surface area contributed by atoms with E-state index in [1.165, 1.54) is 0 Å². The van der Waals surface area contributed by atoms with E-state index in [0.29, 0.717) is 24.8 Å². The zero-order valence-corrected chi connectivity index (χ0v) is 12.2. The van der Waals surface area contributed by atoms with Gasteiger partial charge in [0.05, 0.1) is 0 Å². The summed E-state index contributed by atoms with van der Waals surface area (Å²) in [6, 6.07) is 0. The Hall–Kier alpha value is -0.590. The number of hydrogen-bond donors (Lipinski definition) is 1. The second-order valence-corrected chi connectivity index (χ2v) is 6.85. The van der Waals surface area contributed by atoms with Gasteiger partial charge in [0.15, 0.2) is 5.03 Å². The zero-order valence-electron chi connectivity index (χ0n) is 10.6. The molecule has 0 saturated heterocycles. The molecule has 1 N–H and O–H groups in total. The van der Waals surface area contributed by atoms with Gasteiger partial charge in [-0.1, -0.05) is 0 Å². The Morgan fingerprint density at radius 1 is 1.56 bits per heavy atom. The first kappa shape index (κ1) is 13.8. The van der Waals surface area contributed by atoms with Gasteiger partial charge in [0.1, 0.15) is 5.82 Å². The molecule has 1 saturated carbocycles. The summed E-state index contributed by atoms with van der Waals surface area (Å²) in [6.07, 6.45) is 3.54. The summed E-state index contributed by atoms with van der Waals surface area (Å²) in [5.74, 6) is 1.20. The van der Waals surface area contributed by atoms with Crippen molar-refractivity contribution in [2.24, 2.45) is 5.41 Å². The topological polar surface area (TPSA) is 64.0 Å². The Morgan fingerprint density at radius 2 is 2.22 bits per heavy atom. The Labute approximate surface area is 113 Å². The number of alkyl halides is 1. The number of sulfonamides is 1. The molecule has 7 heteroatoms. The summed E-state index contributed by atoms with van der Waals surface area (Å²) in [5.41, 5.74) is -0.0308. The standard InChI is InChI=1S/C11H18ClN3O2S/c1-3-15-6-10(14-9(15)2)18(16,17)13-8-11(7-12)4-5-11/h6,13H,3-5,7-8H2,1-2H3. The number of imidazole rings is 1. The molecule has 0 aliphatic heterocycles. The molecule has 5 nitrogen and oxygen atoms in total. The molecular weight excluding hydrogens is 274 g/mol. The largest absolute Gasteiger partial charge is 0.334 e. The van der Waals surface area contributed by atoms with Gasteiger partial charge < -0.3 is 4.57 Å². The van der Waals surface area contributed by atoms with Crippen molar-refractivity contribution in [1.82, 2.24) is 14.3 Å². The number of aryl methyl sites for hydroxylation is 2. The van der Waals surface area contributed by atoms with E-state index < -0.39 is 10.0 Å². The molecule has 1 aromatic heterocycles. The van der Waals surface area contributed by atoms with Crippen molar-refractivity contribution < 1.29 is 8.42 Å². The van der Waals surface area contributed by atoms with Gasteiger partial charge in [-0.15, -0.1) is 11.6 Å². The van der Waals surface area contributed by atoms with E-state index in [4.69, 9.17) is 11.6 Å². The highest BCUT2D eigenvalue weighted by Crippen LogP contribution is 2.46. The molecule has 0 bridgehead atoms. The first-order valence-corrected chi connectivity index (χ1v) is 8.04. The summed E-state index contributed by atoms with van der Waals surface area (Å²) in [5, 5.41) is 0.0900. The van der Waals surface area contributed by atoms with Gasteiger partial charge in [-0.25, -0.2) is 18.1 Å². The van der Waals surface area contributed by atoms with Crippen molar-refractivity contribution in [2.45, 2.75) is 38.3 Å². The summed E-state index contributed by atoms with van der Waals surface area (Å²) < 4.78 is 28.6. The monoisotopic (exact) mass is 291 g/mol. The second-order valence-electron chi connectivity index (χ2n) is 4.87. The van der Waals surface area contributed by atoms with Gasteiger partial charge >= 0.3 is 0 Å². The van der Waals surface area contributed by atoms with Crippen LogP contribution in [0.2, 0.25) is 0 Å². The number of hydrogen-bond acceptors (Lipinski definition) is 3. The molecule has 0 radical (unpaired) electrons. The summed E-state index contributed by atoms with van der Waals surface area (Å²) >= 11 is 5.83. The number of halogens is 1. The van der Waals surface area contributed by atoms with Gasteiger partial charge in [0.25, 0.3) is 10.0 Å². The number of rotatable bonds is 6. The number of nitrogens with one attached hydrogen (secondary N) is 1. The van der Waals surface area contributed by atoms with E-state index in [1.807, 2.05) is 11.5 Å².